The molecule has 1 aromatic carbocycles. The van der Waals surface area contributed by atoms with Crippen LogP contribution in [0.25, 0.3) is 11.0 Å². The number of nitrogens with zero attached hydrogens (tertiary/aromatic N) is 7. The van der Waals surface area contributed by atoms with Gasteiger partial charge in [0.2, 0.25) is 5.91 Å². The second kappa shape index (κ2) is 11.5. The highest BCUT2D eigenvalue weighted by molar-refractivity contribution is 5.87. The summed E-state index contributed by atoms with van der Waals surface area (Å²) in [5, 5.41) is 3.31. The normalized spacial score (nSPS) is 13.9. The predicted molar refractivity (Wildman–Crippen MR) is 147 cm³/mol. The third-order valence-corrected chi connectivity index (χ3v) is 6.14. The van der Waals surface area contributed by atoms with Gasteiger partial charge < -0.3 is 25.4 Å². The Balaban J connectivity index is 1.30. The van der Waals surface area contributed by atoms with Crippen molar-refractivity contribution in [3.8, 4) is 17.5 Å². The molecule has 12 nitrogen and oxygen atoms in total. The maximum Gasteiger partial charge on any atom is 0.317 e. The Morgan fingerprint density at radius 3 is 2.79 bits per heavy atom. The van der Waals surface area contributed by atoms with E-state index in [4.69, 9.17) is 15.2 Å². The molecule has 1 aliphatic heterocycles. The number of hydrogen-bond donors (Lipinski definition) is 2. The zero-order valence-corrected chi connectivity index (χ0v) is 21.3. The number of likely N-dealkylation sites (tertiary alicyclic amines) is 1. The molecule has 3 aromatic heterocycles. The van der Waals surface area contributed by atoms with Crippen molar-refractivity contribution in [1.82, 2.24) is 29.8 Å². The van der Waals surface area contributed by atoms with Crippen molar-refractivity contribution in [2.45, 2.75) is 25.9 Å². The lowest BCUT2D eigenvalue weighted by Gasteiger charge is -2.30. The van der Waals surface area contributed by atoms with Gasteiger partial charge in [-0.05, 0) is 42.8 Å². The van der Waals surface area contributed by atoms with Crippen molar-refractivity contribution in [3.05, 3.63) is 67.3 Å². The Morgan fingerprint density at radius 1 is 1.18 bits per heavy atom. The van der Waals surface area contributed by atoms with Gasteiger partial charge in [0.25, 0.3) is 0 Å². The molecule has 0 atom stereocenters. The SMILES string of the molecule is C=CC(=O)N1CCC(Oc2ncc3ncnc(Nc4ccc(Oc5ccnc(N=CN)c5)c(C)c4)c3n2)CC1. The number of aliphatic imine (C=N–C) groups is 1. The first kappa shape index (κ1) is 25.5. The van der Waals surface area contributed by atoms with Crippen molar-refractivity contribution in [1.29, 1.82) is 0 Å². The Labute approximate surface area is 224 Å². The van der Waals surface area contributed by atoms with Crippen molar-refractivity contribution in [3.63, 3.8) is 0 Å². The molecule has 0 bridgehead atoms. The molecular formula is C27H27N9O3. The van der Waals surface area contributed by atoms with E-state index in [0.717, 1.165) is 11.3 Å². The molecule has 12 heteroatoms. The smallest absolute Gasteiger partial charge is 0.317 e. The van der Waals surface area contributed by atoms with Gasteiger partial charge >= 0.3 is 6.01 Å². The standard InChI is InChI=1S/C27H27N9O3/c1-3-24(37)36-10-7-19(8-11-36)39-27-30-14-21-25(35-27)26(33-16-32-21)34-18-4-5-22(17(2)12-18)38-20-6-9-29-23(13-20)31-15-28/h3-6,9,12-16,19H,1,7-8,10-11H2,2H3,(H2,28,29,31)(H,32,33,34). The van der Waals surface area contributed by atoms with Crippen LogP contribution in [0.2, 0.25) is 0 Å². The van der Waals surface area contributed by atoms with Crippen LogP contribution in [0, 0.1) is 6.92 Å². The summed E-state index contributed by atoms with van der Waals surface area (Å²) >= 11 is 0. The molecular weight excluding hydrogens is 498 g/mol. The van der Waals surface area contributed by atoms with E-state index in [-0.39, 0.29) is 18.0 Å². The zero-order valence-electron chi connectivity index (χ0n) is 21.3. The van der Waals surface area contributed by atoms with Gasteiger partial charge in [-0.1, -0.05) is 6.58 Å². The summed E-state index contributed by atoms with van der Waals surface area (Å²) in [5.74, 6) is 2.19. The zero-order chi connectivity index (χ0) is 27.2. The van der Waals surface area contributed by atoms with Gasteiger partial charge in [0.05, 0.1) is 12.5 Å². The van der Waals surface area contributed by atoms with E-state index >= 15 is 0 Å². The lowest BCUT2D eigenvalue weighted by atomic mass is 10.1. The van der Waals surface area contributed by atoms with Crippen LogP contribution in [0.4, 0.5) is 17.3 Å². The first-order valence-electron chi connectivity index (χ1n) is 12.3. The molecule has 5 rings (SSSR count). The summed E-state index contributed by atoms with van der Waals surface area (Å²) < 4.78 is 12.1. The average molecular weight is 526 g/mol. The Bertz CT molecular complexity index is 1530. The molecule has 0 spiro atoms. The number of piperidine rings is 1. The molecule has 0 aliphatic carbocycles. The molecule has 4 heterocycles. The highest BCUT2D eigenvalue weighted by Gasteiger charge is 2.23. The molecule has 1 amide bonds. The molecule has 0 unspecified atom stereocenters. The minimum absolute atomic E-state index is 0.0677. The maximum absolute atomic E-state index is 11.8. The van der Waals surface area contributed by atoms with Crippen molar-refractivity contribution in [2.24, 2.45) is 10.7 Å². The van der Waals surface area contributed by atoms with Crippen LogP contribution >= 0.6 is 0 Å². The number of pyridine rings is 1. The van der Waals surface area contributed by atoms with E-state index in [1.807, 2.05) is 25.1 Å². The van der Waals surface area contributed by atoms with Crippen LogP contribution in [-0.2, 0) is 4.79 Å². The fourth-order valence-corrected chi connectivity index (χ4v) is 4.17. The highest BCUT2D eigenvalue weighted by Crippen LogP contribution is 2.30. The molecule has 39 heavy (non-hydrogen) atoms. The van der Waals surface area contributed by atoms with E-state index in [0.29, 0.717) is 60.1 Å². The number of carbonyl (C=O) groups excluding carboxylic acids is 1. The number of nitrogens with one attached hydrogen (secondary N) is 1. The van der Waals surface area contributed by atoms with E-state index in [2.05, 4.69) is 41.8 Å². The number of hydrogen-bond acceptors (Lipinski definition) is 10. The first-order chi connectivity index (χ1) is 19.0. The van der Waals surface area contributed by atoms with E-state index in [1.165, 1.54) is 18.7 Å². The third-order valence-electron chi connectivity index (χ3n) is 6.14. The molecule has 0 saturated carbocycles. The van der Waals surface area contributed by atoms with E-state index < -0.39 is 0 Å². The van der Waals surface area contributed by atoms with Crippen LogP contribution < -0.4 is 20.5 Å². The average Bonchev–Trinajstić information content (AvgIpc) is 2.95. The number of anilines is 2. The van der Waals surface area contributed by atoms with Crippen LogP contribution in [0.5, 0.6) is 17.5 Å². The predicted octanol–water partition coefficient (Wildman–Crippen LogP) is 3.83. The van der Waals surface area contributed by atoms with Gasteiger partial charge in [-0.3, -0.25) is 4.79 Å². The molecule has 4 aromatic rings. The van der Waals surface area contributed by atoms with Crippen molar-refractivity contribution in [2.75, 3.05) is 18.4 Å². The maximum atomic E-state index is 11.8. The number of ether oxygens (including phenoxy) is 2. The molecule has 1 saturated heterocycles. The van der Waals surface area contributed by atoms with Crippen LogP contribution in [0.1, 0.15) is 18.4 Å². The minimum atomic E-state index is -0.0915. The number of aromatic nitrogens is 5. The highest BCUT2D eigenvalue weighted by atomic mass is 16.5. The van der Waals surface area contributed by atoms with Crippen molar-refractivity contribution < 1.29 is 14.3 Å². The van der Waals surface area contributed by atoms with Crippen LogP contribution in [-0.4, -0.2) is 61.3 Å². The number of rotatable bonds is 8. The number of aryl methyl sites for hydroxylation is 1. The number of nitrogens with two attached hydrogens (primary N) is 1. The molecule has 1 fully saturated rings. The topological polar surface area (TPSA) is 154 Å². The Kier molecular flexibility index (Phi) is 7.53. The molecule has 198 valence electrons. The second-order valence-corrected chi connectivity index (χ2v) is 8.79. The summed E-state index contributed by atoms with van der Waals surface area (Å²) in [5.41, 5.74) is 8.16. The third kappa shape index (κ3) is 6.06. The quantitative estimate of drug-likeness (QED) is 0.197. The minimum Gasteiger partial charge on any atom is -0.460 e. The summed E-state index contributed by atoms with van der Waals surface area (Å²) in [6, 6.07) is 9.38. The largest absolute Gasteiger partial charge is 0.460 e. The monoisotopic (exact) mass is 525 g/mol. The van der Waals surface area contributed by atoms with Gasteiger partial charge in [0.15, 0.2) is 11.6 Å². The van der Waals surface area contributed by atoms with Crippen LogP contribution in [0.15, 0.2) is 66.7 Å². The summed E-state index contributed by atoms with van der Waals surface area (Å²) in [7, 11) is 0. The molecule has 0 radical (unpaired) electrons. The van der Waals surface area contributed by atoms with Gasteiger partial charge in [0, 0.05) is 43.9 Å². The van der Waals surface area contributed by atoms with E-state index in [9.17, 15) is 4.79 Å². The summed E-state index contributed by atoms with van der Waals surface area (Å²) in [4.78, 5) is 39.2. The van der Waals surface area contributed by atoms with Gasteiger partial charge in [-0.15, -0.1) is 0 Å². The van der Waals surface area contributed by atoms with Crippen LogP contribution in [0.3, 0.4) is 0 Å². The van der Waals surface area contributed by atoms with E-state index in [1.54, 1.807) is 29.4 Å². The number of fused-ring (bicyclic) bond motifs is 1. The van der Waals surface area contributed by atoms with Gasteiger partial charge in [-0.25, -0.2) is 24.9 Å². The second-order valence-electron chi connectivity index (χ2n) is 8.79. The number of benzene rings is 1. The summed E-state index contributed by atoms with van der Waals surface area (Å²) in [6.07, 6.45) is 8.47. The van der Waals surface area contributed by atoms with Crippen molar-refractivity contribution >= 4 is 40.6 Å². The number of amides is 1. The lowest BCUT2D eigenvalue weighted by Crippen LogP contribution is -2.41. The Hall–Kier alpha value is -5.13. The number of carbonyl (C=O) groups is 1. The van der Waals surface area contributed by atoms with Gasteiger partial charge in [-0.2, -0.15) is 4.98 Å². The lowest BCUT2D eigenvalue weighted by molar-refractivity contribution is -0.127. The molecule has 3 N–H and O–H groups in total. The molecule has 1 aliphatic rings. The fraction of sp³-hybridized carbons (Fsp3) is 0.222. The first-order valence-corrected chi connectivity index (χ1v) is 12.3. The summed E-state index contributed by atoms with van der Waals surface area (Å²) in [6.45, 7) is 6.69. The fourth-order valence-electron chi connectivity index (χ4n) is 4.17. The van der Waals surface area contributed by atoms with Gasteiger partial charge in [0.1, 0.15) is 35.0 Å². The Morgan fingerprint density at radius 2 is 2.03 bits per heavy atom.